The summed E-state index contributed by atoms with van der Waals surface area (Å²) >= 11 is 0. The molecule has 0 aromatic heterocycles. The van der Waals surface area contributed by atoms with Gasteiger partial charge in [-0.2, -0.15) is 4.31 Å². The van der Waals surface area contributed by atoms with Gasteiger partial charge < -0.3 is 10.4 Å². The molecule has 1 aliphatic rings. The monoisotopic (exact) mass is 382 g/mol. The molecular weight excluding hydrogens is 356 g/mol. The van der Waals surface area contributed by atoms with Gasteiger partial charge in [-0.15, -0.1) is 0 Å². The molecule has 1 saturated heterocycles. The molecule has 0 atom stereocenters. The fourth-order valence-electron chi connectivity index (χ4n) is 3.03. The van der Waals surface area contributed by atoms with E-state index in [2.05, 4.69) is 5.32 Å². The van der Waals surface area contributed by atoms with E-state index in [1.54, 1.807) is 30.3 Å². The average Bonchev–Trinajstić information content (AvgIpc) is 2.65. The van der Waals surface area contributed by atoms with Crippen LogP contribution in [0.3, 0.4) is 0 Å². The molecule has 1 amide bonds. The second-order valence-corrected chi connectivity index (χ2v) is 8.42. The molecule has 0 bridgehead atoms. The van der Waals surface area contributed by atoms with Crippen molar-refractivity contribution in [3.63, 3.8) is 0 Å². The maximum atomic E-state index is 12.6. The Morgan fingerprint density at radius 3 is 2.35 bits per heavy atom. The van der Waals surface area contributed by atoms with E-state index in [0.29, 0.717) is 38.9 Å². The number of carboxylic acids is 1. The molecule has 144 valence electrons. The van der Waals surface area contributed by atoms with Gasteiger partial charge in [0.2, 0.25) is 15.9 Å². The first-order valence-corrected chi connectivity index (χ1v) is 10.4. The lowest BCUT2D eigenvalue weighted by Crippen LogP contribution is -2.43. The van der Waals surface area contributed by atoms with Gasteiger partial charge in [0, 0.05) is 32.0 Å². The number of piperidine rings is 1. The lowest BCUT2D eigenvalue weighted by Gasteiger charge is -2.30. The van der Waals surface area contributed by atoms with Gasteiger partial charge >= 0.3 is 5.97 Å². The normalized spacial score (nSPS) is 16.3. The van der Waals surface area contributed by atoms with Gasteiger partial charge in [-0.1, -0.05) is 24.6 Å². The number of unbranched alkanes of at least 4 members (excludes halogenated alkanes) is 2. The van der Waals surface area contributed by atoms with Gasteiger partial charge in [0.05, 0.1) is 4.90 Å². The highest BCUT2D eigenvalue weighted by atomic mass is 32.2. The van der Waals surface area contributed by atoms with Crippen LogP contribution in [-0.2, 0) is 19.6 Å². The number of nitrogens with one attached hydrogen (secondary N) is 1. The van der Waals surface area contributed by atoms with Crippen molar-refractivity contribution in [2.24, 2.45) is 5.92 Å². The van der Waals surface area contributed by atoms with Crippen molar-refractivity contribution in [2.75, 3.05) is 19.6 Å². The smallest absolute Gasteiger partial charge is 0.303 e. The van der Waals surface area contributed by atoms with Crippen LogP contribution in [0.5, 0.6) is 0 Å². The lowest BCUT2D eigenvalue weighted by molar-refractivity contribution is -0.137. The fraction of sp³-hybridized carbons (Fsp3) is 0.556. The molecule has 26 heavy (non-hydrogen) atoms. The number of hydrogen-bond donors (Lipinski definition) is 2. The van der Waals surface area contributed by atoms with Crippen molar-refractivity contribution in [1.29, 1.82) is 0 Å². The van der Waals surface area contributed by atoms with Crippen molar-refractivity contribution < 1.29 is 23.1 Å². The molecule has 1 aliphatic heterocycles. The van der Waals surface area contributed by atoms with Crippen molar-refractivity contribution in [3.05, 3.63) is 30.3 Å². The molecular formula is C18H26N2O5S. The zero-order valence-corrected chi connectivity index (χ0v) is 15.6. The minimum atomic E-state index is -3.49. The third-order valence-electron chi connectivity index (χ3n) is 4.57. The molecule has 1 aromatic rings. The first-order chi connectivity index (χ1) is 12.4. The molecule has 2 N–H and O–H groups in total. The summed E-state index contributed by atoms with van der Waals surface area (Å²) in [4.78, 5) is 22.9. The van der Waals surface area contributed by atoms with Crippen molar-refractivity contribution in [3.8, 4) is 0 Å². The lowest BCUT2D eigenvalue weighted by atomic mass is 9.97. The van der Waals surface area contributed by atoms with Gasteiger partial charge in [0.25, 0.3) is 0 Å². The Labute approximate surface area is 154 Å². The maximum absolute atomic E-state index is 12.6. The number of carbonyl (C=O) groups excluding carboxylic acids is 1. The number of carboxylic acid groups (broad SMARTS) is 1. The largest absolute Gasteiger partial charge is 0.481 e. The number of amides is 1. The second kappa shape index (κ2) is 9.68. The molecule has 7 nitrogen and oxygen atoms in total. The fourth-order valence-corrected chi connectivity index (χ4v) is 4.52. The number of nitrogens with zero attached hydrogens (tertiary/aromatic N) is 1. The van der Waals surface area contributed by atoms with Gasteiger partial charge in [0.1, 0.15) is 0 Å². The number of sulfonamides is 1. The van der Waals surface area contributed by atoms with E-state index in [4.69, 9.17) is 5.11 Å². The summed E-state index contributed by atoms with van der Waals surface area (Å²) < 4.78 is 26.6. The molecule has 0 radical (unpaired) electrons. The first-order valence-electron chi connectivity index (χ1n) is 8.96. The Kier molecular flexibility index (Phi) is 7.59. The standard InChI is InChI=1S/C18H26N2O5S/c21-17(22)9-5-2-6-12-19-18(23)15-10-13-20(14-11-15)26(24,25)16-7-3-1-4-8-16/h1,3-4,7-8,15H,2,5-6,9-14H2,(H,19,23)(H,21,22). The molecule has 0 unspecified atom stereocenters. The highest BCUT2D eigenvalue weighted by Crippen LogP contribution is 2.23. The van der Waals surface area contributed by atoms with Gasteiger partial charge in [-0.25, -0.2) is 8.42 Å². The topological polar surface area (TPSA) is 104 Å². The van der Waals surface area contributed by atoms with Crippen LogP contribution in [0.1, 0.15) is 38.5 Å². The van der Waals surface area contributed by atoms with Crippen molar-refractivity contribution >= 4 is 21.9 Å². The number of aliphatic carboxylic acids is 1. The van der Waals surface area contributed by atoms with Crippen molar-refractivity contribution in [2.45, 2.75) is 43.4 Å². The van der Waals surface area contributed by atoms with Crippen LogP contribution in [-0.4, -0.2) is 49.3 Å². The summed E-state index contributed by atoms with van der Waals surface area (Å²) in [5.74, 6) is -1.01. The van der Waals surface area contributed by atoms with E-state index in [1.807, 2.05) is 0 Å². The van der Waals surface area contributed by atoms with Crippen molar-refractivity contribution in [1.82, 2.24) is 9.62 Å². The summed E-state index contributed by atoms with van der Waals surface area (Å²) in [5.41, 5.74) is 0. The van der Waals surface area contributed by atoms with Gasteiger partial charge in [-0.05, 0) is 37.8 Å². The van der Waals surface area contributed by atoms with Crippen LogP contribution in [0, 0.1) is 5.92 Å². The summed E-state index contributed by atoms with van der Waals surface area (Å²) in [6.07, 6.45) is 3.30. The van der Waals surface area contributed by atoms with Gasteiger partial charge in [0.15, 0.2) is 0 Å². The van der Waals surface area contributed by atoms with Crippen LogP contribution in [0.2, 0.25) is 0 Å². The minimum Gasteiger partial charge on any atom is -0.481 e. The Morgan fingerprint density at radius 2 is 1.73 bits per heavy atom. The number of carbonyl (C=O) groups is 2. The zero-order chi connectivity index (χ0) is 19.0. The van der Waals surface area contributed by atoms with E-state index in [0.717, 1.165) is 12.8 Å². The van der Waals surface area contributed by atoms with Crippen LogP contribution < -0.4 is 5.32 Å². The van der Waals surface area contributed by atoms with Crippen LogP contribution in [0.25, 0.3) is 0 Å². The Morgan fingerprint density at radius 1 is 1.08 bits per heavy atom. The van der Waals surface area contributed by atoms with Crippen LogP contribution >= 0.6 is 0 Å². The third-order valence-corrected chi connectivity index (χ3v) is 6.49. The average molecular weight is 382 g/mol. The van der Waals surface area contributed by atoms with E-state index in [-0.39, 0.29) is 23.1 Å². The molecule has 2 rings (SSSR count). The molecule has 0 saturated carbocycles. The second-order valence-electron chi connectivity index (χ2n) is 6.49. The Hall–Kier alpha value is -1.93. The summed E-state index contributed by atoms with van der Waals surface area (Å²) in [6, 6.07) is 8.33. The van der Waals surface area contributed by atoms with E-state index < -0.39 is 16.0 Å². The maximum Gasteiger partial charge on any atom is 0.303 e. The quantitative estimate of drug-likeness (QED) is 0.634. The highest BCUT2D eigenvalue weighted by molar-refractivity contribution is 7.89. The number of rotatable bonds is 9. The third kappa shape index (κ3) is 5.81. The van der Waals surface area contributed by atoms with Crippen LogP contribution in [0.15, 0.2) is 35.2 Å². The first kappa shape index (κ1) is 20.4. The summed E-state index contributed by atoms with van der Waals surface area (Å²) in [6.45, 7) is 1.21. The van der Waals surface area contributed by atoms with E-state index >= 15 is 0 Å². The molecule has 8 heteroatoms. The Balaban J connectivity index is 1.72. The minimum absolute atomic E-state index is 0.0417. The van der Waals surface area contributed by atoms with E-state index in [1.165, 1.54) is 4.31 Å². The molecule has 0 aliphatic carbocycles. The SMILES string of the molecule is O=C(O)CCCCCNC(=O)C1CCN(S(=O)(=O)c2ccccc2)CC1. The Bertz CT molecular complexity index is 698. The zero-order valence-electron chi connectivity index (χ0n) is 14.8. The molecule has 1 heterocycles. The highest BCUT2D eigenvalue weighted by Gasteiger charge is 2.31. The molecule has 1 aromatic carbocycles. The predicted octanol–water partition coefficient (Wildman–Crippen LogP) is 1.85. The summed E-state index contributed by atoms with van der Waals surface area (Å²) in [7, 11) is -3.49. The molecule has 0 spiro atoms. The van der Waals surface area contributed by atoms with Gasteiger partial charge in [-0.3, -0.25) is 9.59 Å². The molecule has 1 fully saturated rings. The summed E-state index contributed by atoms with van der Waals surface area (Å²) in [5, 5.41) is 11.4. The predicted molar refractivity (Wildman–Crippen MR) is 97.0 cm³/mol. The number of benzene rings is 1. The van der Waals surface area contributed by atoms with E-state index in [9.17, 15) is 18.0 Å². The van der Waals surface area contributed by atoms with Crippen LogP contribution in [0.4, 0.5) is 0 Å². The number of hydrogen-bond acceptors (Lipinski definition) is 4.